The molecule has 0 unspecified atom stereocenters. The van der Waals surface area contributed by atoms with Crippen molar-refractivity contribution in [1.82, 2.24) is 19.9 Å². The Kier molecular flexibility index (Phi) is 3.65. The molecule has 4 rings (SSSR count). The van der Waals surface area contributed by atoms with Gasteiger partial charge in [-0.1, -0.05) is 30.3 Å². The van der Waals surface area contributed by atoms with Crippen LogP contribution in [0.15, 0.2) is 49.1 Å². The molecule has 24 heavy (non-hydrogen) atoms. The molecule has 118 valence electrons. The van der Waals surface area contributed by atoms with Gasteiger partial charge in [0, 0.05) is 23.2 Å². The molecular weight excluding hydrogens is 296 g/mol. The molecule has 0 amide bonds. The molecule has 2 aromatic carbocycles. The van der Waals surface area contributed by atoms with E-state index in [1.54, 1.807) is 6.33 Å². The van der Waals surface area contributed by atoms with Crippen molar-refractivity contribution in [2.24, 2.45) is 0 Å². The SMILES string of the molecule is Cc1ncc2cccc(CCc3ccc(C)c4ncncc34)c2n1. The molecule has 4 nitrogen and oxygen atoms in total. The lowest BCUT2D eigenvalue weighted by atomic mass is 9.98. The first-order chi connectivity index (χ1) is 11.7. The number of nitrogens with zero attached hydrogens (tertiary/aromatic N) is 4. The number of fused-ring (bicyclic) bond motifs is 2. The van der Waals surface area contributed by atoms with E-state index in [0.29, 0.717) is 0 Å². The third kappa shape index (κ3) is 2.60. The van der Waals surface area contributed by atoms with Crippen molar-refractivity contribution in [2.45, 2.75) is 26.7 Å². The Bertz CT molecular complexity index is 1030. The van der Waals surface area contributed by atoms with Gasteiger partial charge in [-0.2, -0.15) is 0 Å². The third-order valence-electron chi connectivity index (χ3n) is 4.44. The minimum absolute atomic E-state index is 0.809. The Hall–Kier alpha value is -2.88. The fourth-order valence-electron chi connectivity index (χ4n) is 3.17. The second kappa shape index (κ2) is 5.96. The van der Waals surface area contributed by atoms with Crippen molar-refractivity contribution in [3.63, 3.8) is 0 Å². The molecule has 4 heteroatoms. The van der Waals surface area contributed by atoms with E-state index in [9.17, 15) is 0 Å². The Morgan fingerprint density at radius 3 is 2.62 bits per heavy atom. The molecule has 2 aromatic heterocycles. The van der Waals surface area contributed by atoms with E-state index >= 15 is 0 Å². The summed E-state index contributed by atoms with van der Waals surface area (Å²) in [4.78, 5) is 17.5. The molecule has 0 saturated heterocycles. The Labute approximate surface area is 140 Å². The van der Waals surface area contributed by atoms with E-state index in [2.05, 4.69) is 57.2 Å². The quantitative estimate of drug-likeness (QED) is 0.574. The lowest BCUT2D eigenvalue weighted by molar-refractivity contribution is 0.965. The number of aromatic nitrogens is 4. The molecule has 0 N–H and O–H groups in total. The average Bonchev–Trinajstić information content (AvgIpc) is 2.61. The van der Waals surface area contributed by atoms with E-state index in [-0.39, 0.29) is 0 Å². The summed E-state index contributed by atoms with van der Waals surface area (Å²) in [6.07, 6.45) is 7.30. The summed E-state index contributed by atoms with van der Waals surface area (Å²) in [6.45, 7) is 4.02. The molecular formula is C20H18N4. The van der Waals surface area contributed by atoms with Gasteiger partial charge in [0.15, 0.2) is 0 Å². The van der Waals surface area contributed by atoms with Gasteiger partial charge >= 0.3 is 0 Å². The van der Waals surface area contributed by atoms with Gasteiger partial charge in [-0.05, 0) is 43.4 Å². The Morgan fingerprint density at radius 1 is 0.833 bits per heavy atom. The Balaban J connectivity index is 1.71. The van der Waals surface area contributed by atoms with Crippen molar-refractivity contribution in [1.29, 1.82) is 0 Å². The maximum atomic E-state index is 4.63. The maximum absolute atomic E-state index is 4.63. The number of hydrogen-bond acceptors (Lipinski definition) is 4. The first kappa shape index (κ1) is 14.7. The number of hydrogen-bond donors (Lipinski definition) is 0. The largest absolute Gasteiger partial charge is 0.244 e. The molecule has 0 atom stereocenters. The van der Waals surface area contributed by atoms with Gasteiger partial charge in [-0.15, -0.1) is 0 Å². The minimum atomic E-state index is 0.809. The van der Waals surface area contributed by atoms with Crippen LogP contribution in [0.3, 0.4) is 0 Å². The topological polar surface area (TPSA) is 51.6 Å². The highest BCUT2D eigenvalue weighted by molar-refractivity contribution is 5.84. The van der Waals surface area contributed by atoms with Crippen LogP contribution >= 0.6 is 0 Å². The number of para-hydroxylation sites is 1. The highest BCUT2D eigenvalue weighted by atomic mass is 14.9. The van der Waals surface area contributed by atoms with E-state index in [1.165, 1.54) is 16.7 Å². The van der Waals surface area contributed by atoms with Crippen LogP contribution in [-0.2, 0) is 12.8 Å². The van der Waals surface area contributed by atoms with Crippen LogP contribution in [0.2, 0.25) is 0 Å². The molecule has 0 fully saturated rings. The zero-order valence-electron chi connectivity index (χ0n) is 13.8. The van der Waals surface area contributed by atoms with Crippen molar-refractivity contribution in [3.05, 3.63) is 71.6 Å². The van der Waals surface area contributed by atoms with Gasteiger partial charge in [-0.3, -0.25) is 0 Å². The molecule has 4 aromatic rings. The first-order valence-corrected chi connectivity index (χ1v) is 8.12. The van der Waals surface area contributed by atoms with Gasteiger partial charge in [0.25, 0.3) is 0 Å². The van der Waals surface area contributed by atoms with Gasteiger partial charge in [0.2, 0.25) is 0 Å². The fraction of sp³-hybridized carbons (Fsp3) is 0.200. The van der Waals surface area contributed by atoms with Crippen molar-refractivity contribution in [2.75, 3.05) is 0 Å². The van der Waals surface area contributed by atoms with E-state index in [4.69, 9.17) is 0 Å². The molecule has 0 bridgehead atoms. The second-order valence-corrected chi connectivity index (χ2v) is 6.10. The zero-order valence-corrected chi connectivity index (χ0v) is 13.8. The van der Waals surface area contributed by atoms with Crippen molar-refractivity contribution < 1.29 is 0 Å². The molecule has 0 spiro atoms. The Morgan fingerprint density at radius 2 is 1.71 bits per heavy atom. The van der Waals surface area contributed by atoms with Crippen LogP contribution in [0, 0.1) is 13.8 Å². The van der Waals surface area contributed by atoms with Crippen LogP contribution in [-0.4, -0.2) is 19.9 Å². The molecule has 0 aliphatic carbocycles. The van der Waals surface area contributed by atoms with E-state index < -0.39 is 0 Å². The van der Waals surface area contributed by atoms with E-state index in [1.807, 2.05) is 19.3 Å². The van der Waals surface area contributed by atoms with Crippen molar-refractivity contribution in [3.8, 4) is 0 Å². The normalized spacial score (nSPS) is 11.2. The molecule has 0 saturated carbocycles. The second-order valence-electron chi connectivity index (χ2n) is 6.10. The standard InChI is InChI=1S/C20H18N4/c1-13-6-7-15(18-11-21-12-23-19(13)18)8-9-16-4-3-5-17-10-22-14(2)24-20(16)17/h3-7,10-12H,8-9H2,1-2H3. The van der Waals surface area contributed by atoms with Gasteiger partial charge < -0.3 is 0 Å². The van der Waals surface area contributed by atoms with Crippen LogP contribution < -0.4 is 0 Å². The lowest BCUT2D eigenvalue weighted by Crippen LogP contribution is -1.98. The highest BCUT2D eigenvalue weighted by Crippen LogP contribution is 2.23. The molecule has 0 radical (unpaired) electrons. The predicted octanol–water partition coefficient (Wildman–Crippen LogP) is 3.98. The molecule has 0 aliphatic rings. The van der Waals surface area contributed by atoms with Crippen LogP contribution in [0.5, 0.6) is 0 Å². The summed E-state index contributed by atoms with van der Waals surface area (Å²) in [5, 5.41) is 2.23. The predicted molar refractivity (Wildman–Crippen MR) is 96.0 cm³/mol. The summed E-state index contributed by atoms with van der Waals surface area (Å²) >= 11 is 0. The van der Waals surface area contributed by atoms with Crippen LogP contribution in [0.4, 0.5) is 0 Å². The number of rotatable bonds is 3. The number of aryl methyl sites for hydroxylation is 4. The van der Waals surface area contributed by atoms with Crippen molar-refractivity contribution >= 4 is 21.8 Å². The molecule has 0 aliphatic heterocycles. The summed E-state index contributed by atoms with van der Waals surface area (Å²) in [6, 6.07) is 10.6. The monoisotopic (exact) mass is 314 g/mol. The summed E-state index contributed by atoms with van der Waals surface area (Å²) in [5.74, 6) is 0.809. The van der Waals surface area contributed by atoms with Gasteiger partial charge in [-0.25, -0.2) is 19.9 Å². The zero-order chi connectivity index (χ0) is 16.5. The average molecular weight is 314 g/mol. The van der Waals surface area contributed by atoms with Crippen LogP contribution in [0.25, 0.3) is 21.8 Å². The van der Waals surface area contributed by atoms with E-state index in [0.717, 1.165) is 40.5 Å². The summed E-state index contributed by atoms with van der Waals surface area (Å²) in [7, 11) is 0. The fourth-order valence-corrected chi connectivity index (χ4v) is 3.17. The summed E-state index contributed by atoms with van der Waals surface area (Å²) < 4.78 is 0. The third-order valence-corrected chi connectivity index (χ3v) is 4.44. The smallest absolute Gasteiger partial charge is 0.125 e. The number of benzene rings is 2. The highest BCUT2D eigenvalue weighted by Gasteiger charge is 2.08. The van der Waals surface area contributed by atoms with Crippen LogP contribution in [0.1, 0.15) is 22.5 Å². The lowest BCUT2D eigenvalue weighted by Gasteiger charge is -2.09. The minimum Gasteiger partial charge on any atom is -0.244 e. The molecule has 2 heterocycles. The van der Waals surface area contributed by atoms with Gasteiger partial charge in [0.1, 0.15) is 12.2 Å². The first-order valence-electron chi connectivity index (χ1n) is 8.12. The maximum Gasteiger partial charge on any atom is 0.125 e. The van der Waals surface area contributed by atoms with Gasteiger partial charge in [0.05, 0.1) is 11.0 Å². The summed E-state index contributed by atoms with van der Waals surface area (Å²) in [5.41, 5.74) is 5.81.